The molecule has 3 aliphatic heterocycles. The first kappa shape index (κ1) is 22.4. The van der Waals surface area contributed by atoms with Crippen molar-refractivity contribution < 1.29 is 19.4 Å². The molecule has 0 unspecified atom stereocenters. The minimum atomic E-state index is -0.705. The number of carbonyl (C=O) groups is 1. The summed E-state index contributed by atoms with van der Waals surface area (Å²) in [6.07, 6.45) is 23.2. The first-order chi connectivity index (χ1) is 14.7. The average Bonchev–Trinajstić information content (AvgIpc) is 3.43. The summed E-state index contributed by atoms with van der Waals surface area (Å²) in [5, 5.41) is 8.74. The molecule has 0 aromatic carbocycles. The molecule has 4 nitrogen and oxygen atoms in total. The van der Waals surface area contributed by atoms with E-state index in [1.165, 1.54) is 50.7 Å². The van der Waals surface area contributed by atoms with Crippen LogP contribution >= 0.6 is 11.8 Å². The fraction of sp³-hybridized carbons (Fsp3) is 0.800. The highest BCUT2D eigenvalue weighted by Crippen LogP contribution is 2.56. The number of fused-ring (bicyclic) bond motifs is 5. The van der Waals surface area contributed by atoms with Gasteiger partial charge in [-0.05, 0) is 62.0 Å². The van der Waals surface area contributed by atoms with E-state index in [9.17, 15) is 4.79 Å². The smallest absolute Gasteiger partial charge is 0.303 e. The Morgan fingerprint density at radius 1 is 0.933 bits per heavy atom. The van der Waals surface area contributed by atoms with E-state index in [0.29, 0.717) is 30.1 Å². The number of allylic oxidation sites excluding steroid dienone is 3. The van der Waals surface area contributed by atoms with E-state index in [2.05, 4.69) is 36.1 Å². The maximum Gasteiger partial charge on any atom is 0.303 e. The van der Waals surface area contributed by atoms with Gasteiger partial charge in [-0.25, -0.2) is 0 Å². The van der Waals surface area contributed by atoms with Crippen LogP contribution in [-0.4, -0.2) is 47.0 Å². The Bertz CT molecular complexity index is 610. The number of thioether (sulfide) groups is 1. The summed E-state index contributed by atoms with van der Waals surface area (Å²) in [5.41, 5.74) is 0. The van der Waals surface area contributed by atoms with Gasteiger partial charge in [0.15, 0.2) is 0 Å². The van der Waals surface area contributed by atoms with Crippen molar-refractivity contribution in [1.82, 2.24) is 0 Å². The molecule has 1 aliphatic carbocycles. The fourth-order valence-electron chi connectivity index (χ4n) is 5.73. The molecule has 3 saturated heterocycles. The number of hydrogen-bond donors (Lipinski definition) is 1. The summed E-state index contributed by atoms with van der Waals surface area (Å²) in [5.74, 6) is 3.63. The summed E-state index contributed by atoms with van der Waals surface area (Å²) in [6.45, 7) is 0. The van der Waals surface area contributed by atoms with Crippen molar-refractivity contribution in [2.24, 2.45) is 17.8 Å². The molecule has 6 atom stereocenters. The van der Waals surface area contributed by atoms with E-state index in [1.807, 2.05) is 0 Å². The van der Waals surface area contributed by atoms with Crippen molar-refractivity contribution >= 4 is 17.7 Å². The lowest BCUT2D eigenvalue weighted by Gasteiger charge is -2.25. The molecule has 168 valence electrons. The Labute approximate surface area is 185 Å². The minimum absolute atomic E-state index is 0.258. The lowest BCUT2D eigenvalue weighted by molar-refractivity contribution is -0.137. The second-order valence-electron chi connectivity index (χ2n) is 9.49. The second-order valence-corrected chi connectivity index (χ2v) is 10.6. The van der Waals surface area contributed by atoms with Gasteiger partial charge in [0.2, 0.25) is 0 Å². The van der Waals surface area contributed by atoms with Crippen molar-refractivity contribution in [2.75, 3.05) is 11.5 Å². The van der Waals surface area contributed by atoms with Gasteiger partial charge in [0.1, 0.15) is 12.2 Å². The standard InChI is InChI=1S/C25H38O4S/c26-21(27)14-8-4-3-7-13-19-20(23-25-24(29-25)22(19)28-23)15-17-30-16-9-12-18-10-5-1-2-6-11-18/h3,7,9,12,18-20,22-25H,1-2,4-6,8,10-11,13-17H2,(H,26,27)/b7-3-,12-9?/t19-,20+,22+,23-,24-,25+/m0/s1. The van der Waals surface area contributed by atoms with E-state index in [-0.39, 0.29) is 12.5 Å². The number of carboxylic acids is 1. The Morgan fingerprint density at radius 3 is 2.43 bits per heavy atom. The number of epoxide rings is 1. The van der Waals surface area contributed by atoms with E-state index < -0.39 is 5.97 Å². The van der Waals surface area contributed by atoms with Crippen LogP contribution in [0, 0.1) is 17.8 Å². The van der Waals surface area contributed by atoms with Crippen LogP contribution in [0.1, 0.15) is 70.6 Å². The molecular formula is C25H38O4S. The van der Waals surface area contributed by atoms with Gasteiger partial charge in [-0.2, -0.15) is 11.8 Å². The van der Waals surface area contributed by atoms with Crippen molar-refractivity contribution in [3.8, 4) is 0 Å². The quantitative estimate of drug-likeness (QED) is 0.187. The van der Waals surface area contributed by atoms with Crippen LogP contribution < -0.4 is 0 Å². The number of ether oxygens (including phenoxy) is 2. The number of unbranched alkanes of at least 4 members (excludes halogenated alkanes) is 1. The maximum absolute atomic E-state index is 10.6. The molecule has 0 amide bonds. The highest BCUT2D eigenvalue weighted by Gasteiger charge is 2.68. The molecule has 4 fully saturated rings. The van der Waals surface area contributed by atoms with Gasteiger partial charge in [0, 0.05) is 12.2 Å². The summed E-state index contributed by atoms with van der Waals surface area (Å²) in [4.78, 5) is 10.6. The van der Waals surface area contributed by atoms with Crippen molar-refractivity contribution in [3.05, 3.63) is 24.3 Å². The zero-order valence-corrected chi connectivity index (χ0v) is 18.9. The Kier molecular flexibility index (Phi) is 8.36. The van der Waals surface area contributed by atoms with Crippen molar-refractivity contribution in [3.63, 3.8) is 0 Å². The van der Waals surface area contributed by atoms with E-state index in [0.717, 1.165) is 30.9 Å². The molecule has 4 rings (SSSR count). The number of aliphatic carboxylic acids is 1. The summed E-state index contributed by atoms with van der Waals surface area (Å²) in [7, 11) is 0. The van der Waals surface area contributed by atoms with Gasteiger partial charge in [-0.15, -0.1) is 0 Å². The largest absolute Gasteiger partial charge is 0.481 e. The molecule has 4 aliphatic rings. The lowest BCUT2D eigenvalue weighted by Crippen LogP contribution is -2.33. The molecular weight excluding hydrogens is 396 g/mol. The zero-order chi connectivity index (χ0) is 20.8. The molecule has 2 bridgehead atoms. The van der Waals surface area contributed by atoms with Crippen LogP contribution in [0.2, 0.25) is 0 Å². The minimum Gasteiger partial charge on any atom is -0.481 e. The summed E-state index contributed by atoms with van der Waals surface area (Å²) in [6, 6.07) is 0. The molecule has 3 heterocycles. The zero-order valence-electron chi connectivity index (χ0n) is 18.1. The highest BCUT2D eigenvalue weighted by atomic mass is 32.2. The highest BCUT2D eigenvalue weighted by molar-refractivity contribution is 7.99. The molecule has 5 heteroatoms. The van der Waals surface area contributed by atoms with Crippen LogP contribution in [0.3, 0.4) is 0 Å². The number of carboxylic acid groups (broad SMARTS) is 1. The van der Waals surface area contributed by atoms with Gasteiger partial charge < -0.3 is 14.6 Å². The molecule has 30 heavy (non-hydrogen) atoms. The van der Waals surface area contributed by atoms with Gasteiger partial charge in [0.25, 0.3) is 0 Å². The first-order valence-electron chi connectivity index (χ1n) is 12.2. The third-order valence-corrected chi connectivity index (χ3v) is 8.32. The van der Waals surface area contributed by atoms with Gasteiger partial charge in [0.05, 0.1) is 12.2 Å². The predicted octanol–water partition coefficient (Wildman–Crippen LogP) is 5.62. The Hall–Kier alpha value is -0.780. The van der Waals surface area contributed by atoms with E-state index in [1.54, 1.807) is 0 Å². The number of hydrogen-bond acceptors (Lipinski definition) is 4. The lowest BCUT2D eigenvalue weighted by atomic mass is 9.76. The molecule has 0 aromatic heterocycles. The van der Waals surface area contributed by atoms with Gasteiger partial charge in [-0.1, -0.05) is 50.0 Å². The van der Waals surface area contributed by atoms with Gasteiger partial charge in [-0.3, -0.25) is 4.79 Å². The number of rotatable bonds is 12. The molecule has 1 N–H and O–H groups in total. The molecule has 0 aromatic rings. The first-order valence-corrected chi connectivity index (χ1v) is 13.3. The van der Waals surface area contributed by atoms with Crippen LogP contribution in [0.25, 0.3) is 0 Å². The van der Waals surface area contributed by atoms with Crippen LogP contribution in [0.15, 0.2) is 24.3 Å². The summed E-state index contributed by atoms with van der Waals surface area (Å²) >= 11 is 2.06. The normalized spacial score (nSPS) is 35.9. The Morgan fingerprint density at radius 2 is 1.67 bits per heavy atom. The van der Waals surface area contributed by atoms with Crippen LogP contribution in [0.5, 0.6) is 0 Å². The average molecular weight is 435 g/mol. The van der Waals surface area contributed by atoms with E-state index >= 15 is 0 Å². The monoisotopic (exact) mass is 434 g/mol. The third-order valence-electron chi connectivity index (χ3n) is 7.37. The van der Waals surface area contributed by atoms with E-state index in [4.69, 9.17) is 14.6 Å². The molecule has 1 saturated carbocycles. The van der Waals surface area contributed by atoms with Crippen LogP contribution in [-0.2, 0) is 14.3 Å². The van der Waals surface area contributed by atoms with Crippen molar-refractivity contribution in [1.29, 1.82) is 0 Å². The predicted molar refractivity (Wildman–Crippen MR) is 122 cm³/mol. The van der Waals surface area contributed by atoms with Crippen LogP contribution in [0.4, 0.5) is 0 Å². The van der Waals surface area contributed by atoms with Crippen molar-refractivity contribution in [2.45, 2.75) is 95.0 Å². The molecule has 0 spiro atoms. The topological polar surface area (TPSA) is 59.1 Å². The molecule has 0 radical (unpaired) electrons. The second kappa shape index (κ2) is 11.2. The maximum atomic E-state index is 10.6. The van der Waals surface area contributed by atoms with Gasteiger partial charge >= 0.3 is 5.97 Å². The SMILES string of the molecule is O=C(O)CCC/C=C\C[C@H]1[C@@H](CCSCC=CC2CCCCCC2)[C@@H]2O[C@H]1[C@@H]1O[C@@H]12. The Balaban J connectivity index is 1.16. The third kappa shape index (κ3) is 5.92. The summed E-state index contributed by atoms with van der Waals surface area (Å²) < 4.78 is 12.1. The fourth-order valence-corrected chi connectivity index (χ4v) is 6.58.